The second kappa shape index (κ2) is 5.17. The number of hydrogen-bond acceptors (Lipinski definition) is 3. The van der Waals surface area contributed by atoms with Crippen LogP contribution in [0.25, 0.3) is 11.3 Å². The number of carbonyl (C=O) groups is 1. The highest BCUT2D eigenvalue weighted by Gasteiger charge is 2.19. The van der Waals surface area contributed by atoms with Crippen LogP contribution in [0.3, 0.4) is 0 Å². The van der Waals surface area contributed by atoms with Gasteiger partial charge < -0.3 is 5.73 Å². The second-order valence-corrected chi connectivity index (χ2v) is 4.11. The van der Waals surface area contributed by atoms with Crippen LogP contribution in [0.15, 0.2) is 18.2 Å². The van der Waals surface area contributed by atoms with Gasteiger partial charge in [-0.1, -0.05) is 6.92 Å². The molecule has 0 aliphatic heterocycles. The molecule has 1 aromatic carbocycles. The molecule has 0 saturated carbocycles. The number of aryl methyl sites for hydroxylation is 1. The molecule has 0 radical (unpaired) electrons. The predicted octanol–water partition coefficient (Wildman–Crippen LogP) is 2.63. The highest BCUT2D eigenvalue weighted by atomic mass is 19.1. The topological polar surface area (TPSA) is 60.9 Å². The Hall–Kier alpha value is -2.24. The number of aromatic nitrogens is 2. The van der Waals surface area contributed by atoms with Crippen LogP contribution in [-0.2, 0) is 6.54 Å². The summed E-state index contributed by atoms with van der Waals surface area (Å²) in [6.45, 7) is 2.42. The Morgan fingerprint density at radius 1 is 1.42 bits per heavy atom. The number of aldehydes is 1. The van der Waals surface area contributed by atoms with Crippen LogP contribution in [0.2, 0.25) is 0 Å². The minimum absolute atomic E-state index is 0.0661. The Labute approximate surface area is 108 Å². The van der Waals surface area contributed by atoms with Crippen LogP contribution < -0.4 is 5.73 Å². The number of carbonyl (C=O) groups excluding carboxylic acids is 1. The lowest BCUT2D eigenvalue weighted by Crippen LogP contribution is -2.04. The van der Waals surface area contributed by atoms with Crippen molar-refractivity contribution in [1.29, 1.82) is 0 Å². The fourth-order valence-electron chi connectivity index (χ4n) is 1.87. The molecule has 0 aliphatic carbocycles. The molecule has 0 amide bonds. The maximum Gasteiger partial charge on any atom is 0.156 e. The van der Waals surface area contributed by atoms with Crippen molar-refractivity contribution in [1.82, 2.24) is 9.78 Å². The van der Waals surface area contributed by atoms with Crippen LogP contribution in [-0.4, -0.2) is 16.1 Å². The van der Waals surface area contributed by atoms with Crippen molar-refractivity contribution in [2.24, 2.45) is 0 Å². The van der Waals surface area contributed by atoms with E-state index in [-0.39, 0.29) is 22.6 Å². The minimum Gasteiger partial charge on any atom is -0.383 e. The molecular weight excluding hydrogens is 252 g/mol. The largest absolute Gasteiger partial charge is 0.383 e. The molecule has 1 heterocycles. The average molecular weight is 265 g/mol. The van der Waals surface area contributed by atoms with Crippen molar-refractivity contribution in [2.75, 3.05) is 5.73 Å². The number of nitrogens with zero attached hydrogens (tertiary/aromatic N) is 2. The van der Waals surface area contributed by atoms with E-state index in [2.05, 4.69) is 5.10 Å². The number of nitrogen functional groups attached to an aromatic ring is 1. The summed E-state index contributed by atoms with van der Waals surface area (Å²) in [5, 5.41) is 4.10. The molecule has 0 saturated heterocycles. The van der Waals surface area contributed by atoms with Gasteiger partial charge in [0.2, 0.25) is 0 Å². The van der Waals surface area contributed by atoms with Crippen LogP contribution in [0.1, 0.15) is 23.7 Å². The Morgan fingerprint density at radius 3 is 2.79 bits per heavy atom. The van der Waals surface area contributed by atoms with Gasteiger partial charge in [-0.05, 0) is 24.6 Å². The number of benzene rings is 1. The van der Waals surface area contributed by atoms with Crippen molar-refractivity contribution in [2.45, 2.75) is 19.9 Å². The lowest BCUT2D eigenvalue weighted by Gasteiger charge is -2.00. The van der Waals surface area contributed by atoms with Gasteiger partial charge in [-0.2, -0.15) is 5.10 Å². The molecule has 2 aromatic rings. The molecule has 1 aromatic heterocycles. The van der Waals surface area contributed by atoms with E-state index in [1.807, 2.05) is 6.92 Å². The number of rotatable bonds is 4. The first-order valence-electron chi connectivity index (χ1n) is 5.85. The van der Waals surface area contributed by atoms with Gasteiger partial charge in [-0.25, -0.2) is 13.5 Å². The van der Waals surface area contributed by atoms with Crippen LogP contribution in [0, 0.1) is 11.6 Å². The number of nitrogens with two attached hydrogens (primary N) is 1. The average Bonchev–Trinajstić information content (AvgIpc) is 2.70. The molecule has 2 rings (SSSR count). The zero-order chi connectivity index (χ0) is 14.0. The van der Waals surface area contributed by atoms with Crippen LogP contribution >= 0.6 is 0 Å². The molecule has 6 heteroatoms. The summed E-state index contributed by atoms with van der Waals surface area (Å²) in [4.78, 5) is 11.1. The third-order valence-electron chi connectivity index (χ3n) is 2.77. The van der Waals surface area contributed by atoms with Gasteiger partial charge in [-0.3, -0.25) is 4.79 Å². The number of anilines is 1. The normalized spacial score (nSPS) is 10.7. The van der Waals surface area contributed by atoms with Gasteiger partial charge in [0.25, 0.3) is 0 Å². The maximum absolute atomic E-state index is 13.7. The molecule has 2 N–H and O–H groups in total. The molecule has 0 atom stereocenters. The molecular formula is C13H13F2N3O. The summed E-state index contributed by atoms with van der Waals surface area (Å²) in [7, 11) is 0. The summed E-state index contributed by atoms with van der Waals surface area (Å²) in [5.41, 5.74) is 5.86. The van der Waals surface area contributed by atoms with Crippen molar-refractivity contribution >= 4 is 12.1 Å². The fraction of sp³-hybridized carbons (Fsp3) is 0.231. The Kier molecular flexibility index (Phi) is 3.59. The SMILES string of the molecule is CCCn1nc(-c2cc(F)ccc2F)c(C=O)c1N. The Morgan fingerprint density at radius 2 is 2.16 bits per heavy atom. The highest BCUT2D eigenvalue weighted by Crippen LogP contribution is 2.28. The predicted molar refractivity (Wildman–Crippen MR) is 67.7 cm³/mol. The summed E-state index contributed by atoms with van der Waals surface area (Å²) >= 11 is 0. The van der Waals surface area contributed by atoms with Gasteiger partial charge in [-0.15, -0.1) is 0 Å². The van der Waals surface area contributed by atoms with E-state index in [1.54, 1.807) is 0 Å². The molecule has 0 unspecified atom stereocenters. The number of halogens is 2. The smallest absolute Gasteiger partial charge is 0.156 e. The first kappa shape index (κ1) is 13.2. The Bertz CT molecular complexity index is 623. The van der Waals surface area contributed by atoms with Crippen LogP contribution in [0.5, 0.6) is 0 Å². The molecule has 0 fully saturated rings. The summed E-state index contributed by atoms with van der Waals surface area (Å²) in [5.74, 6) is -1.09. The van der Waals surface area contributed by atoms with Crippen molar-refractivity contribution < 1.29 is 13.6 Å². The molecule has 0 aliphatic rings. The second-order valence-electron chi connectivity index (χ2n) is 4.11. The standard InChI is InChI=1S/C13H13F2N3O/c1-2-5-18-13(16)10(7-19)12(17-18)9-6-8(14)3-4-11(9)15/h3-4,6-7H,2,5,16H2,1H3. The van der Waals surface area contributed by atoms with Gasteiger partial charge in [0.1, 0.15) is 23.1 Å². The first-order chi connectivity index (χ1) is 9.08. The fourth-order valence-corrected chi connectivity index (χ4v) is 1.87. The lowest BCUT2D eigenvalue weighted by molar-refractivity contribution is 0.112. The molecule has 19 heavy (non-hydrogen) atoms. The van der Waals surface area contributed by atoms with Gasteiger partial charge in [0.05, 0.1) is 5.56 Å². The van der Waals surface area contributed by atoms with Crippen molar-refractivity contribution in [3.05, 3.63) is 35.4 Å². The molecule has 4 nitrogen and oxygen atoms in total. The van der Waals surface area contributed by atoms with Crippen molar-refractivity contribution in [3.63, 3.8) is 0 Å². The van der Waals surface area contributed by atoms with Gasteiger partial charge in [0.15, 0.2) is 6.29 Å². The van der Waals surface area contributed by atoms with E-state index in [4.69, 9.17) is 5.73 Å². The molecule has 0 spiro atoms. The van der Waals surface area contributed by atoms with Crippen molar-refractivity contribution in [3.8, 4) is 11.3 Å². The molecule has 0 bridgehead atoms. The Balaban J connectivity index is 2.64. The summed E-state index contributed by atoms with van der Waals surface area (Å²) in [6, 6.07) is 3.00. The van der Waals surface area contributed by atoms with E-state index in [0.717, 1.165) is 24.6 Å². The highest BCUT2D eigenvalue weighted by molar-refractivity contribution is 5.91. The maximum atomic E-state index is 13.7. The minimum atomic E-state index is -0.648. The molecule has 100 valence electrons. The van der Waals surface area contributed by atoms with Gasteiger partial charge >= 0.3 is 0 Å². The third kappa shape index (κ3) is 2.33. The monoisotopic (exact) mass is 265 g/mol. The lowest BCUT2D eigenvalue weighted by atomic mass is 10.1. The van der Waals surface area contributed by atoms with Crippen LogP contribution in [0.4, 0.5) is 14.6 Å². The summed E-state index contributed by atoms with van der Waals surface area (Å²) in [6.07, 6.45) is 1.27. The van der Waals surface area contributed by atoms with E-state index in [0.29, 0.717) is 12.8 Å². The third-order valence-corrected chi connectivity index (χ3v) is 2.77. The summed E-state index contributed by atoms with van der Waals surface area (Å²) < 4.78 is 28.3. The van der Waals surface area contributed by atoms with E-state index in [1.165, 1.54) is 4.68 Å². The first-order valence-corrected chi connectivity index (χ1v) is 5.85. The number of hydrogen-bond donors (Lipinski definition) is 1. The van der Waals surface area contributed by atoms with Gasteiger partial charge in [0, 0.05) is 12.1 Å². The quantitative estimate of drug-likeness (QED) is 0.864. The zero-order valence-electron chi connectivity index (χ0n) is 10.4. The van der Waals surface area contributed by atoms with E-state index >= 15 is 0 Å². The van der Waals surface area contributed by atoms with E-state index < -0.39 is 11.6 Å². The zero-order valence-corrected chi connectivity index (χ0v) is 10.4. The van der Waals surface area contributed by atoms with E-state index in [9.17, 15) is 13.6 Å².